The summed E-state index contributed by atoms with van der Waals surface area (Å²) in [5, 5.41) is 9.51. The van der Waals surface area contributed by atoms with Gasteiger partial charge >= 0.3 is 0 Å². The smallest absolute Gasteiger partial charge is 0.148 e. The molecular formula is C18H18ClN5O. The van der Waals surface area contributed by atoms with Gasteiger partial charge in [-0.05, 0) is 18.6 Å². The van der Waals surface area contributed by atoms with Crippen LogP contribution in [0.1, 0.15) is 17.5 Å². The van der Waals surface area contributed by atoms with Gasteiger partial charge in [-0.2, -0.15) is 5.26 Å². The van der Waals surface area contributed by atoms with Crippen molar-refractivity contribution in [2.24, 2.45) is 0 Å². The van der Waals surface area contributed by atoms with Crippen LogP contribution in [0.3, 0.4) is 0 Å². The molecule has 3 saturated heterocycles. The van der Waals surface area contributed by atoms with Gasteiger partial charge in [0.25, 0.3) is 0 Å². The van der Waals surface area contributed by atoms with Crippen LogP contribution in [-0.4, -0.2) is 47.2 Å². The first-order chi connectivity index (χ1) is 12.2. The third kappa shape index (κ3) is 2.90. The molecule has 2 aromatic heterocycles. The maximum Gasteiger partial charge on any atom is 0.148 e. The fraction of sp³-hybridized carbons (Fsp3) is 0.389. The molecular weight excluding hydrogens is 338 g/mol. The van der Waals surface area contributed by atoms with Gasteiger partial charge in [0.2, 0.25) is 0 Å². The normalized spacial score (nSPS) is 22.2. The first-order valence-electron chi connectivity index (χ1n) is 8.23. The lowest BCUT2D eigenvalue weighted by Gasteiger charge is -2.57. The van der Waals surface area contributed by atoms with Crippen molar-refractivity contribution >= 4 is 17.4 Å². The van der Waals surface area contributed by atoms with E-state index in [1.807, 2.05) is 12.3 Å². The van der Waals surface area contributed by atoms with Gasteiger partial charge in [0.05, 0.1) is 17.7 Å². The summed E-state index contributed by atoms with van der Waals surface area (Å²) in [4.78, 5) is 13.3. The van der Waals surface area contributed by atoms with E-state index in [4.69, 9.17) is 21.6 Å². The number of piperazine rings is 1. The van der Waals surface area contributed by atoms with E-state index in [1.54, 1.807) is 25.6 Å². The van der Waals surface area contributed by atoms with E-state index < -0.39 is 0 Å². The molecule has 0 saturated carbocycles. The monoisotopic (exact) mass is 355 g/mol. The second kappa shape index (κ2) is 6.51. The minimum absolute atomic E-state index is 0.402. The number of nitrogens with zero attached hydrogens (tertiary/aromatic N) is 5. The minimum Gasteiger partial charge on any atom is -0.496 e. The van der Waals surface area contributed by atoms with Gasteiger partial charge in [-0.25, -0.2) is 4.98 Å². The van der Waals surface area contributed by atoms with Crippen molar-refractivity contribution in [3.05, 3.63) is 46.9 Å². The lowest BCUT2D eigenvalue weighted by molar-refractivity contribution is 0.107. The molecule has 3 fully saturated rings. The maximum absolute atomic E-state index is 8.96. The van der Waals surface area contributed by atoms with E-state index in [0.29, 0.717) is 22.7 Å². The van der Waals surface area contributed by atoms with Crippen LogP contribution >= 0.6 is 11.6 Å². The van der Waals surface area contributed by atoms with E-state index in [9.17, 15) is 0 Å². The van der Waals surface area contributed by atoms with Gasteiger partial charge < -0.3 is 9.64 Å². The third-order valence-electron chi connectivity index (χ3n) is 4.94. The molecule has 0 radical (unpaired) electrons. The van der Waals surface area contributed by atoms with Gasteiger partial charge in [-0.3, -0.25) is 9.88 Å². The highest BCUT2D eigenvalue weighted by atomic mass is 35.5. The Morgan fingerprint density at radius 1 is 1.36 bits per heavy atom. The zero-order valence-corrected chi connectivity index (χ0v) is 14.6. The van der Waals surface area contributed by atoms with Gasteiger partial charge in [0, 0.05) is 55.9 Å². The van der Waals surface area contributed by atoms with E-state index in [1.165, 1.54) is 0 Å². The van der Waals surface area contributed by atoms with Crippen LogP contribution in [-0.2, 0) is 6.54 Å². The highest BCUT2D eigenvalue weighted by molar-refractivity contribution is 6.33. The number of ether oxygens (including phenoxy) is 1. The molecule has 0 aromatic carbocycles. The zero-order chi connectivity index (χ0) is 17.4. The summed E-state index contributed by atoms with van der Waals surface area (Å²) in [5.74, 6) is 1.67. The summed E-state index contributed by atoms with van der Waals surface area (Å²) in [5.41, 5.74) is 1.59. The van der Waals surface area contributed by atoms with Gasteiger partial charge in [-0.1, -0.05) is 11.6 Å². The summed E-state index contributed by atoms with van der Waals surface area (Å²) in [6, 6.07) is 6.46. The van der Waals surface area contributed by atoms with Gasteiger partial charge in [0.15, 0.2) is 0 Å². The first-order valence-corrected chi connectivity index (χ1v) is 8.60. The van der Waals surface area contributed by atoms with Crippen molar-refractivity contribution < 1.29 is 4.74 Å². The number of hydrogen-bond donors (Lipinski definition) is 0. The van der Waals surface area contributed by atoms with Crippen molar-refractivity contribution in [3.63, 3.8) is 0 Å². The third-order valence-corrected chi connectivity index (χ3v) is 5.22. The Labute approximate surface area is 151 Å². The Balaban J connectivity index is 1.47. The lowest BCUT2D eigenvalue weighted by atomic mass is 9.87. The van der Waals surface area contributed by atoms with Crippen LogP contribution in [0.5, 0.6) is 5.75 Å². The molecule has 5 heterocycles. The largest absolute Gasteiger partial charge is 0.496 e. The molecule has 0 amide bonds. The number of hydrogen-bond acceptors (Lipinski definition) is 6. The van der Waals surface area contributed by atoms with E-state index in [-0.39, 0.29) is 0 Å². The molecule has 2 aromatic rings. The van der Waals surface area contributed by atoms with Crippen molar-refractivity contribution in [1.29, 1.82) is 5.26 Å². The Hall–Kier alpha value is -2.36. The second-order valence-corrected chi connectivity index (χ2v) is 6.88. The van der Waals surface area contributed by atoms with Gasteiger partial charge in [-0.15, -0.1) is 0 Å². The highest BCUT2D eigenvalue weighted by Crippen LogP contribution is 2.39. The lowest BCUT2D eigenvalue weighted by Crippen LogP contribution is -2.69. The zero-order valence-electron chi connectivity index (χ0n) is 13.9. The minimum atomic E-state index is 0.402. The molecule has 2 bridgehead atoms. The van der Waals surface area contributed by atoms with Crippen molar-refractivity contribution in [1.82, 2.24) is 14.9 Å². The maximum atomic E-state index is 8.96. The van der Waals surface area contributed by atoms with Crippen LogP contribution in [0.15, 0.2) is 30.7 Å². The Morgan fingerprint density at radius 2 is 2.16 bits per heavy atom. The summed E-state index contributed by atoms with van der Waals surface area (Å²) in [6.07, 6.45) is 6.36. The molecule has 5 rings (SSSR count). The summed E-state index contributed by atoms with van der Waals surface area (Å²) in [7, 11) is 1.69. The van der Waals surface area contributed by atoms with Crippen molar-refractivity contribution in [2.45, 2.75) is 25.0 Å². The van der Waals surface area contributed by atoms with Crippen LogP contribution in [0, 0.1) is 11.3 Å². The number of pyridine rings is 2. The number of rotatable bonds is 4. The fourth-order valence-corrected chi connectivity index (χ4v) is 4.09. The average Bonchev–Trinajstić information content (AvgIpc) is 2.63. The molecule has 7 heteroatoms. The predicted molar refractivity (Wildman–Crippen MR) is 94.7 cm³/mol. The number of aromatic nitrogens is 2. The molecule has 0 aliphatic carbocycles. The predicted octanol–water partition coefficient (Wildman–Crippen LogP) is 2.47. The molecule has 128 valence electrons. The number of piperidine rings is 1. The van der Waals surface area contributed by atoms with Crippen molar-refractivity contribution in [2.75, 3.05) is 25.1 Å². The Bertz CT molecular complexity index is 824. The molecule has 0 N–H and O–H groups in total. The summed E-state index contributed by atoms with van der Waals surface area (Å²) in [6.45, 7) is 2.73. The SMILES string of the molecule is COc1ccncc1CN1CC2CC(C1)N2c1ncc(C#N)cc1Cl. The van der Waals surface area contributed by atoms with Crippen LogP contribution < -0.4 is 9.64 Å². The molecule has 25 heavy (non-hydrogen) atoms. The molecule has 3 aliphatic heterocycles. The molecule has 2 atom stereocenters. The Kier molecular flexibility index (Phi) is 4.20. The number of fused-ring (bicyclic) bond motifs is 2. The van der Waals surface area contributed by atoms with E-state index >= 15 is 0 Å². The topological polar surface area (TPSA) is 65.3 Å². The van der Waals surface area contributed by atoms with Crippen molar-refractivity contribution in [3.8, 4) is 11.8 Å². The second-order valence-electron chi connectivity index (χ2n) is 6.47. The van der Waals surface area contributed by atoms with Crippen LogP contribution in [0.4, 0.5) is 5.82 Å². The summed E-state index contributed by atoms with van der Waals surface area (Å²) >= 11 is 6.34. The number of halogens is 1. The van der Waals surface area contributed by atoms with E-state index in [2.05, 4.69) is 25.8 Å². The number of nitriles is 1. The average molecular weight is 356 g/mol. The number of methoxy groups -OCH3 is 1. The van der Waals surface area contributed by atoms with Gasteiger partial charge in [0.1, 0.15) is 17.6 Å². The van der Waals surface area contributed by atoms with Crippen LogP contribution in [0.25, 0.3) is 0 Å². The fourth-order valence-electron chi connectivity index (χ4n) is 3.83. The highest BCUT2D eigenvalue weighted by Gasteiger charge is 2.45. The van der Waals surface area contributed by atoms with E-state index in [0.717, 1.165) is 43.2 Å². The Morgan fingerprint density at radius 3 is 2.84 bits per heavy atom. The molecule has 2 unspecified atom stereocenters. The first kappa shape index (κ1) is 16.1. The molecule has 0 spiro atoms. The number of anilines is 1. The standard InChI is InChI=1S/C18H18ClN5O/c1-25-17-2-3-21-8-13(17)9-23-10-14-5-15(11-23)24(14)18-16(19)4-12(6-20)7-22-18/h2-4,7-8,14-15H,5,9-11H2,1H3. The summed E-state index contributed by atoms with van der Waals surface area (Å²) < 4.78 is 5.42. The quantitative estimate of drug-likeness (QED) is 0.839. The molecule has 3 aliphatic rings. The van der Waals surface area contributed by atoms with Crippen LogP contribution in [0.2, 0.25) is 5.02 Å². The molecule has 6 nitrogen and oxygen atoms in total.